The summed E-state index contributed by atoms with van der Waals surface area (Å²) in [7, 11) is 1.29. The van der Waals surface area contributed by atoms with E-state index < -0.39 is 96.1 Å². The summed E-state index contributed by atoms with van der Waals surface area (Å²) >= 11 is 0. The van der Waals surface area contributed by atoms with Crippen LogP contribution in [0.25, 0.3) is 22.3 Å². The predicted octanol–water partition coefficient (Wildman–Crippen LogP) is -1.38. The second kappa shape index (κ2) is 12.4. The molecule has 16 heteroatoms. The molecule has 240 valence electrons. The van der Waals surface area contributed by atoms with Crippen LogP contribution in [0.1, 0.15) is 6.92 Å². The number of aliphatic hydroxyl groups excluding tert-OH is 6. The first-order valence-corrected chi connectivity index (χ1v) is 13.4. The van der Waals surface area contributed by atoms with Crippen molar-refractivity contribution in [2.75, 3.05) is 13.7 Å². The van der Waals surface area contributed by atoms with Crippen LogP contribution in [0, 0.1) is 0 Å². The van der Waals surface area contributed by atoms with Gasteiger partial charge in [0.1, 0.15) is 59.1 Å². The van der Waals surface area contributed by atoms with Crippen molar-refractivity contribution < 1.29 is 74.1 Å². The number of hydrogen-bond donors (Lipinski definition) is 9. The molecule has 1 aromatic heterocycles. The van der Waals surface area contributed by atoms with Crippen LogP contribution in [-0.4, -0.2) is 121 Å². The van der Waals surface area contributed by atoms with Crippen molar-refractivity contribution in [2.24, 2.45) is 0 Å². The zero-order chi connectivity index (χ0) is 32.0. The molecule has 2 saturated heterocycles. The smallest absolute Gasteiger partial charge is 0.239 e. The Bertz CT molecular complexity index is 1550. The van der Waals surface area contributed by atoms with Gasteiger partial charge in [0.05, 0.1) is 19.8 Å². The first-order valence-electron chi connectivity index (χ1n) is 13.4. The Morgan fingerprint density at radius 3 is 2.25 bits per heavy atom. The lowest BCUT2D eigenvalue weighted by Crippen LogP contribution is -2.64. The zero-order valence-corrected chi connectivity index (χ0v) is 23.3. The summed E-state index contributed by atoms with van der Waals surface area (Å²) in [4.78, 5) is 13.8. The van der Waals surface area contributed by atoms with Crippen molar-refractivity contribution in [3.8, 4) is 40.1 Å². The summed E-state index contributed by atoms with van der Waals surface area (Å²) in [5, 5.41) is 92.0. The van der Waals surface area contributed by atoms with Gasteiger partial charge in [0.25, 0.3) is 0 Å². The lowest BCUT2D eigenvalue weighted by Gasteiger charge is -2.45. The van der Waals surface area contributed by atoms with Crippen molar-refractivity contribution in [1.29, 1.82) is 0 Å². The average Bonchev–Trinajstić information content (AvgIpc) is 2.99. The molecule has 10 atom stereocenters. The summed E-state index contributed by atoms with van der Waals surface area (Å²) in [5.74, 6) is -2.23. The molecule has 5 rings (SSSR count). The first-order chi connectivity index (χ1) is 20.9. The maximum atomic E-state index is 13.8. The Balaban J connectivity index is 1.61. The highest BCUT2D eigenvalue weighted by atomic mass is 16.8. The van der Waals surface area contributed by atoms with Crippen LogP contribution < -0.4 is 14.9 Å². The molecule has 2 aliphatic rings. The first kappa shape index (κ1) is 31.7. The highest BCUT2D eigenvalue weighted by Gasteiger charge is 2.51. The molecular weight excluding hydrogens is 592 g/mol. The Labute approximate surface area is 248 Å². The SMILES string of the molecule is COc1cc(-c2oc3cc(O)cc(O)c3c(=O)c2O[C@@H]2O[C@H](C)[C@H](O)[C@@H](O)[C@H]2O[C@@H]2O[C@H](CO)[C@@H](O)[C@H](O)[C@H]2O)ccc1O. The van der Waals surface area contributed by atoms with Gasteiger partial charge in [0.15, 0.2) is 29.7 Å². The van der Waals surface area contributed by atoms with Gasteiger partial charge in [-0.1, -0.05) is 0 Å². The van der Waals surface area contributed by atoms with Crippen molar-refractivity contribution in [2.45, 2.75) is 68.3 Å². The van der Waals surface area contributed by atoms with E-state index in [4.69, 9.17) is 28.1 Å². The molecule has 0 unspecified atom stereocenters. The molecule has 16 nitrogen and oxygen atoms in total. The molecule has 0 amide bonds. The zero-order valence-electron chi connectivity index (χ0n) is 23.3. The molecule has 0 radical (unpaired) electrons. The summed E-state index contributed by atoms with van der Waals surface area (Å²) in [6.45, 7) is 0.613. The molecule has 3 aromatic rings. The molecule has 0 aliphatic carbocycles. The van der Waals surface area contributed by atoms with Crippen LogP contribution in [0.5, 0.6) is 28.7 Å². The molecule has 9 N–H and O–H groups in total. The molecule has 0 bridgehead atoms. The van der Waals surface area contributed by atoms with E-state index >= 15 is 0 Å². The largest absolute Gasteiger partial charge is 0.508 e. The predicted molar refractivity (Wildman–Crippen MR) is 145 cm³/mol. The van der Waals surface area contributed by atoms with E-state index in [-0.39, 0.29) is 28.4 Å². The van der Waals surface area contributed by atoms with E-state index in [1.165, 1.54) is 32.2 Å². The maximum absolute atomic E-state index is 13.8. The fraction of sp³-hybridized carbons (Fsp3) is 0.464. The van der Waals surface area contributed by atoms with Crippen LogP contribution in [0.2, 0.25) is 0 Å². The number of methoxy groups -OCH3 is 1. The molecular formula is C28H32O16. The number of rotatable bonds is 7. The lowest BCUT2D eigenvalue weighted by molar-refractivity contribution is -0.355. The van der Waals surface area contributed by atoms with Crippen LogP contribution in [0.15, 0.2) is 39.5 Å². The van der Waals surface area contributed by atoms with E-state index in [1.54, 1.807) is 0 Å². The molecule has 0 spiro atoms. The molecule has 2 fully saturated rings. The summed E-state index contributed by atoms with van der Waals surface area (Å²) < 4.78 is 33.8. The number of phenolic OH excluding ortho intramolecular Hbond substituents is 3. The minimum Gasteiger partial charge on any atom is -0.508 e. The third-order valence-corrected chi connectivity index (χ3v) is 7.52. The van der Waals surface area contributed by atoms with Gasteiger partial charge in [0, 0.05) is 17.7 Å². The maximum Gasteiger partial charge on any atom is 0.239 e. The molecule has 2 aliphatic heterocycles. The number of ether oxygens (including phenoxy) is 5. The average molecular weight is 625 g/mol. The third kappa shape index (κ3) is 5.63. The quantitative estimate of drug-likeness (QED) is 0.147. The number of fused-ring (bicyclic) bond motifs is 1. The Morgan fingerprint density at radius 2 is 1.57 bits per heavy atom. The number of aromatic hydroxyl groups is 3. The standard InChI is InChI=1S/C28H32O16/c1-9-18(33)22(37)26(44-27-23(38)21(36)19(34)16(8-29)42-27)28(40-9)43-25-20(35)17-13(32)6-11(30)7-15(17)41-24(25)10-3-4-12(31)14(5-10)39-2/h3-7,9,16,18-19,21-23,26-34,36-38H,8H2,1-2H3/t9-,16-,18+,19-,21+,22-,23-,26-,27+,28+/m1/s1. The number of aliphatic hydroxyl groups is 6. The minimum atomic E-state index is -1.90. The summed E-state index contributed by atoms with van der Waals surface area (Å²) in [5.41, 5.74) is -1.09. The fourth-order valence-electron chi connectivity index (χ4n) is 5.08. The molecule has 0 saturated carbocycles. The Morgan fingerprint density at radius 1 is 0.841 bits per heavy atom. The van der Waals surface area contributed by atoms with Crippen molar-refractivity contribution in [1.82, 2.24) is 0 Å². The highest BCUT2D eigenvalue weighted by Crippen LogP contribution is 2.40. The van der Waals surface area contributed by atoms with Gasteiger partial charge in [-0.2, -0.15) is 0 Å². The van der Waals surface area contributed by atoms with Gasteiger partial charge in [-0.05, 0) is 25.1 Å². The normalized spacial score (nSPS) is 32.5. The summed E-state index contributed by atoms with van der Waals surface area (Å²) in [6, 6.07) is 5.87. The van der Waals surface area contributed by atoms with E-state index in [1.807, 2.05) is 0 Å². The molecule has 44 heavy (non-hydrogen) atoms. The number of hydrogen-bond acceptors (Lipinski definition) is 16. The van der Waals surface area contributed by atoms with Crippen molar-refractivity contribution in [3.05, 3.63) is 40.6 Å². The van der Waals surface area contributed by atoms with Crippen molar-refractivity contribution >= 4 is 11.0 Å². The topological polar surface area (TPSA) is 258 Å². The Kier molecular flexibility index (Phi) is 8.90. The van der Waals surface area contributed by atoms with E-state index in [2.05, 4.69) is 0 Å². The number of benzene rings is 2. The molecule has 2 aromatic carbocycles. The highest BCUT2D eigenvalue weighted by molar-refractivity contribution is 5.88. The van der Waals surface area contributed by atoms with Gasteiger partial charge in [0.2, 0.25) is 17.5 Å². The van der Waals surface area contributed by atoms with Gasteiger partial charge in [-0.15, -0.1) is 0 Å². The minimum absolute atomic E-state index is 0.0140. The van der Waals surface area contributed by atoms with Crippen LogP contribution in [0.3, 0.4) is 0 Å². The monoisotopic (exact) mass is 624 g/mol. The van der Waals surface area contributed by atoms with Crippen LogP contribution >= 0.6 is 0 Å². The molecule has 3 heterocycles. The van der Waals surface area contributed by atoms with E-state index in [0.29, 0.717) is 0 Å². The third-order valence-electron chi connectivity index (χ3n) is 7.52. The van der Waals surface area contributed by atoms with Gasteiger partial charge >= 0.3 is 0 Å². The van der Waals surface area contributed by atoms with Crippen LogP contribution in [0.4, 0.5) is 0 Å². The lowest BCUT2D eigenvalue weighted by atomic mass is 9.97. The second-order valence-electron chi connectivity index (χ2n) is 10.4. The second-order valence-corrected chi connectivity index (χ2v) is 10.4. The Hall–Kier alpha value is -3.71. The van der Waals surface area contributed by atoms with Crippen LogP contribution in [-0.2, 0) is 14.2 Å². The van der Waals surface area contributed by atoms with Gasteiger partial charge < -0.3 is 74.1 Å². The fourth-order valence-corrected chi connectivity index (χ4v) is 5.08. The number of phenols is 3. The van der Waals surface area contributed by atoms with Gasteiger partial charge in [-0.3, -0.25) is 4.79 Å². The van der Waals surface area contributed by atoms with Gasteiger partial charge in [-0.25, -0.2) is 0 Å². The summed E-state index contributed by atoms with van der Waals surface area (Å²) in [6.07, 6.45) is -16.6. The van der Waals surface area contributed by atoms with Crippen molar-refractivity contribution in [3.63, 3.8) is 0 Å². The van der Waals surface area contributed by atoms with E-state index in [9.17, 15) is 50.8 Å². The van der Waals surface area contributed by atoms with E-state index in [0.717, 1.165) is 12.1 Å².